The van der Waals surface area contributed by atoms with Crippen LogP contribution in [0.3, 0.4) is 0 Å². The summed E-state index contributed by atoms with van der Waals surface area (Å²) >= 11 is 0. The van der Waals surface area contributed by atoms with Crippen LogP contribution >= 0.6 is 0 Å². The van der Waals surface area contributed by atoms with Gasteiger partial charge in [0, 0.05) is 5.56 Å². The van der Waals surface area contributed by atoms with Crippen LogP contribution < -0.4 is 0 Å². The molecule has 1 aliphatic rings. The van der Waals surface area contributed by atoms with E-state index in [1.807, 2.05) is 0 Å². The van der Waals surface area contributed by atoms with E-state index in [2.05, 4.69) is 0 Å². The van der Waals surface area contributed by atoms with E-state index in [-0.39, 0.29) is 12.4 Å². The molecule has 104 valence electrons. The summed E-state index contributed by atoms with van der Waals surface area (Å²) in [6, 6.07) is 3.62. The van der Waals surface area contributed by atoms with Crippen molar-refractivity contribution < 1.29 is 24.1 Å². The smallest absolute Gasteiger partial charge is 0.163 e. The normalized spacial score (nSPS) is 23.9. The fourth-order valence-electron chi connectivity index (χ4n) is 1.87. The first-order valence-electron chi connectivity index (χ1n) is 6.04. The highest BCUT2D eigenvalue weighted by Crippen LogP contribution is 2.25. The lowest BCUT2D eigenvalue weighted by atomic mass is 10.1. The molecule has 1 aromatic rings. The number of aliphatic hydroxyl groups is 1. The van der Waals surface area contributed by atoms with E-state index in [1.165, 1.54) is 30.4 Å². The molecule has 1 saturated heterocycles. The van der Waals surface area contributed by atoms with Crippen LogP contribution in [0.5, 0.6) is 5.75 Å². The largest absolute Gasteiger partial charge is 0.507 e. The molecular formula is C14H17FO4. The van der Waals surface area contributed by atoms with Crippen LogP contribution in [0.2, 0.25) is 0 Å². The van der Waals surface area contributed by atoms with Crippen molar-refractivity contribution in [2.45, 2.75) is 31.8 Å². The Morgan fingerprint density at radius 2 is 2.21 bits per heavy atom. The Kier molecular flexibility index (Phi) is 3.89. The standard InChI is InChI=1S/C14H17FO4/c1-14(2)18-8-13(19-14)12(17)5-3-9-7-10(15)4-6-11(9)16/h3-7,12-13,16-17H,8H2,1-2H3/b5-3+/t12-,13-/m1/s1. The zero-order chi connectivity index (χ0) is 14.0. The Bertz CT molecular complexity index is 484. The molecule has 0 bridgehead atoms. The molecule has 0 saturated carbocycles. The molecule has 2 N–H and O–H groups in total. The molecule has 1 fully saturated rings. The van der Waals surface area contributed by atoms with Gasteiger partial charge in [-0.1, -0.05) is 12.2 Å². The third kappa shape index (κ3) is 3.53. The lowest BCUT2D eigenvalue weighted by molar-refractivity contribution is -0.147. The number of halogens is 1. The third-order valence-corrected chi connectivity index (χ3v) is 2.87. The van der Waals surface area contributed by atoms with Crippen LogP contribution in [0.1, 0.15) is 19.4 Å². The van der Waals surface area contributed by atoms with E-state index in [0.717, 1.165) is 0 Å². The monoisotopic (exact) mass is 268 g/mol. The first-order valence-corrected chi connectivity index (χ1v) is 6.04. The van der Waals surface area contributed by atoms with Gasteiger partial charge in [0.05, 0.1) is 6.61 Å². The first-order chi connectivity index (χ1) is 8.87. The number of aliphatic hydroxyl groups excluding tert-OH is 1. The summed E-state index contributed by atoms with van der Waals surface area (Å²) in [5, 5.41) is 19.5. The number of ether oxygens (including phenoxy) is 2. The number of hydrogen-bond donors (Lipinski definition) is 2. The lowest BCUT2D eigenvalue weighted by Gasteiger charge is -2.18. The molecule has 2 atom stereocenters. The zero-order valence-electron chi connectivity index (χ0n) is 10.8. The van der Waals surface area contributed by atoms with Crippen molar-refractivity contribution in [2.75, 3.05) is 6.61 Å². The Labute approximate surface area is 111 Å². The fraction of sp³-hybridized carbons (Fsp3) is 0.429. The molecule has 0 aliphatic carbocycles. The van der Waals surface area contributed by atoms with Crippen LogP contribution in [-0.2, 0) is 9.47 Å². The SMILES string of the molecule is CC1(C)OC[C@H]([C@H](O)/C=C/c2cc(F)ccc2O)O1. The molecule has 0 unspecified atom stereocenters. The number of rotatable bonds is 3. The lowest BCUT2D eigenvalue weighted by Crippen LogP contribution is -2.29. The maximum absolute atomic E-state index is 13.0. The van der Waals surface area contributed by atoms with E-state index >= 15 is 0 Å². The summed E-state index contributed by atoms with van der Waals surface area (Å²) in [6.45, 7) is 3.82. The van der Waals surface area contributed by atoms with Gasteiger partial charge in [0.1, 0.15) is 23.8 Å². The maximum atomic E-state index is 13.0. The number of benzene rings is 1. The average Bonchev–Trinajstić information content (AvgIpc) is 2.70. The summed E-state index contributed by atoms with van der Waals surface area (Å²) in [7, 11) is 0. The minimum atomic E-state index is -0.885. The summed E-state index contributed by atoms with van der Waals surface area (Å²) < 4.78 is 23.9. The van der Waals surface area contributed by atoms with Gasteiger partial charge in [0.2, 0.25) is 0 Å². The van der Waals surface area contributed by atoms with Crippen LogP contribution in [0, 0.1) is 5.82 Å². The molecule has 2 rings (SSSR count). The van der Waals surface area contributed by atoms with Crippen molar-refractivity contribution in [1.29, 1.82) is 0 Å². The van der Waals surface area contributed by atoms with Gasteiger partial charge in [0.15, 0.2) is 5.79 Å². The minimum Gasteiger partial charge on any atom is -0.507 e. The fourth-order valence-corrected chi connectivity index (χ4v) is 1.87. The highest BCUT2D eigenvalue weighted by atomic mass is 19.1. The minimum absolute atomic E-state index is 0.0474. The molecule has 0 aromatic heterocycles. The van der Waals surface area contributed by atoms with Gasteiger partial charge in [-0.05, 0) is 32.0 Å². The van der Waals surface area contributed by atoms with E-state index in [9.17, 15) is 14.6 Å². The van der Waals surface area contributed by atoms with E-state index in [4.69, 9.17) is 9.47 Å². The Balaban J connectivity index is 2.04. The molecule has 1 heterocycles. The summed E-state index contributed by atoms with van der Waals surface area (Å²) in [6.07, 6.45) is 1.55. The summed E-state index contributed by atoms with van der Waals surface area (Å²) in [5.41, 5.74) is 0.303. The van der Waals surface area contributed by atoms with Gasteiger partial charge in [-0.15, -0.1) is 0 Å². The van der Waals surface area contributed by atoms with Crippen LogP contribution in [0.25, 0.3) is 6.08 Å². The van der Waals surface area contributed by atoms with Gasteiger partial charge in [-0.3, -0.25) is 0 Å². The summed E-state index contributed by atoms with van der Waals surface area (Å²) in [5.74, 6) is -1.21. The van der Waals surface area contributed by atoms with Crippen molar-refractivity contribution in [3.05, 3.63) is 35.7 Å². The van der Waals surface area contributed by atoms with Gasteiger partial charge in [-0.2, -0.15) is 0 Å². The van der Waals surface area contributed by atoms with Crippen molar-refractivity contribution >= 4 is 6.08 Å². The van der Waals surface area contributed by atoms with Crippen molar-refractivity contribution in [2.24, 2.45) is 0 Å². The Morgan fingerprint density at radius 3 is 2.84 bits per heavy atom. The first kappa shape index (κ1) is 14.0. The number of phenolic OH excluding ortho intramolecular Hbond substituents is 1. The maximum Gasteiger partial charge on any atom is 0.163 e. The molecule has 0 amide bonds. The zero-order valence-corrected chi connectivity index (χ0v) is 10.8. The van der Waals surface area contributed by atoms with Crippen LogP contribution in [-0.4, -0.2) is 34.8 Å². The van der Waals surface area contributed by atoms with E-state index in [1.54, 1.807) is 13.8 Å². The van der Waals surface area contributed by atoms with Crippen molar-refractivity contribution in [3.8, 4) is 5.75 Å². The van der Waals surface area contributed by atoms with Crippen molar-refractivity contribution in [1.82, 2.24) is 0 Å². The Hall–Kier alpha value is -1.43. The Morgan fingerprint density at radius 1 is 1.47 bits per heavy atom. The molecule has 19 heavy (non-hydrogen) atoms. The molecular weight excluding hydrogens is 251 g/mol. The van der Waals surface area contributed by atoms with Gasteiger partial charge in [0.25, 0.3) is 0 Å². The molecule has 1 aliphatic heterocycles. The van der Waals surface area contributed by atoms with Crippen molar-refractivity contribution in [3.63, 3.8) is 0 Å². The molecule has 0 radical (unpaired) electrons. The van der Waals surface area contributed by atoms with E-state index < -0.39 is 23.8 Å². The van der Waals surface area contributed by atoms with Gasteiger partial charge >= 0.3 is 0 Å². The third-order valence-electron chi connectivity index (χ3n) is 2.87. The highest BCUT2D eigenvalue weighted by Gasteiger charge is 2.35. The highest BCUT2D eigenvalue weighted by molar-refractivity contribution is 5.57. The molecule has 0 spiro atoms. The van der Waals surface area contributed by atoms with E-state index in [0.29, 0.717) is 5.56 Å². The molecule has 1 aromatic carbocycles. The average molecular weight is 268 g/mol. The number of phenols is 1. The number of hydrogen-bond acceptors (Lipinski definition) is 4. The second kappa shape index (κ2) is 5.28. The van der Waals surface area contributed by atoms with Crippen LogP contribution in [0.4, 0.5) is 4.39 Å². The summed E-state index contributed by atoms with van der Waals surface area (Å²) in [4.78, 5) is 0. The second-order valence-electron chi connectivity index (χ2n) is 4.92. The topological polar surface area (TPSA) is 58.9 Å². The molecule has 5 heteroatoms. The quantitative estimate of drug-likeness (QED) is 0.881. The van der Waals surface area contributed by atoms with Gasteiger partial charge < -0.3 is 19.7 Å². The second-order valence-corrected chi connectivity index (χ2v) is 4.92. The number of aromatic hydroxyl groups is 1. The van der Waals surface area contributed by atoms with Crippen LogP contribution in [0.15, 0.2) is 24.3 Å². The molecule has 4 nitrogen and oxygen atoms in total. The van der Waals surface area contributed by atoms with Gasteiger partial charge in [-0.25, -0.2) is 4.39 Å². The predicted octanol–water partition coefficient (Wildman–Crippen LogP) is 2.06. The predicted molar refractivity (Wildman–Crippen MR) is 68.0 cm³/mol.